The van der Waals surface area contributed by atoms with Gasteiger partial charge in [-0.1, -0.05) is 15.9 Å². The SMILES string of the molecule is O=C(O)c1sccc1CBr. The van der Waals surface area contributed by atoms with Crippen molar-refractivity contribution in [3.8, 4) is 0 Å². The van der Waals surface area contributed by atoms with Gasteiger partial charge in [0.25, 0.3) is 0 Å². The average molecular weight is 221 g/mol. The maximum Gasteiger partial charge on any atom is 0.346 e. The lowest BCUT2D eigenvalue weighted by atomic mass is 10.3. The molecule has 0 radical (unpaired) electrons. The summed E-state index contributed by atoms with van der Waals surface area (Å²) < 4.78 is 0. The molecule has 0 aliphatic carbocycles. The largest absolute Gasteiger partial charge is 0.477 e. The third-order valence-electron chi connectivity index (χ3n) is 1.08. The van der Waals surface area contributed by atoms with Gasteiger partial charge >= 0.3 is 5.97 Å². The summed E-state index contributed by atoms with van der Waals surface area (Å²) in [4.78, 5) is 10.9. The van der Waals surface area contributed by atoms with Crippen LogP contribution < -0.4 is 0 Å². The van der Waals surface area contributed by atoms with Gasteiger partial charge in [0.15, 0.2) is 0 Å². The minimum Gasteiger partial charge on any atom is -0.477 e. The summed E-state index contributed by atoms with van der Waals surface area (Å²) >= 11 is 4.45. The molecule has 10 heavy (non-hydrogen) atoms. The zero-order valence-electron chi connectivity index (χ0n) is 5.00. The topological polar surface area (TPSA) is 37.3 Å². The molecule has 0 aromatic carbocycles. The van der Waals surface area contributed by atoms with Crippen LogP contribution in [0.15, 0.2) is 11.4 Å². The Kier molecular flexibility index (Phi) is 2.45. The van der Waals surface area contributed by atoms with Crippen molar-refractivity contribution in [1.29, 1.82) is 0 Å². The Hall–Kier alpha value is -0.350. The lowest BCUT2D eigenvalue weighted by molar-refractivity contribution is 0.0701. The molecule has 0 aliphatic rings. The Morgan fingerprint density at radius 2 is 2.50 bits per heavy atom. The van der Waals surface area contributed by atoms with Crippen molar-refractivity contribution in [3.05, 3.63) is 21.9 Å². The van der Waals surface area contributed by atoms with E-state index in [2.05, 4.69) is 15.9 Å². The molecule has 0 amide bonds. The average Bonchev–Trinajstić information content (AvgIpc) is 2.33. The van der Waals surface area contributed by atoms with Crippen LogP contribution in [-0.2, 0) is 5.33 Å². The van der Waals surface area contributed by atoms with E-state index in [1.54, 1.807) is 5.38 Å². The molecule has 1 aromatic heterocycles. The van der Waals surface area contributed by atoms with Crippen LogP contribution in [0.4, 0.5) is 0 Å². The molecule has 2 nitrogen and oxygen atoms in total. The lowest BCUT2D eigenvalue weighted by Gasteiger charge is -1.90. The monoisotopic (exact) mass is 220 g/mol. The van der Waals surface area contributed by atoms with E-state index in [1.165, 1.54) is 11.3 Å². The van der Waals surface area contributed by atoms with Gasteiger partial charge in [-0.05, 0) is 17.0 Å². The normalized spacial score (nSPS) is 9.70. The van der Waals surface area contributed by atoms with Gasteiger partial charge in [-0.2, -0.15) is 0 Å². The van der Waals surface area contributed by atoms with E-state index in [0.717, 1.165) is 5.56 Å². The van der Waals surface area contributed by atoms with Crippen molar-refractivity contribution in [2.75, 3.05) is 0 Å². The Bertz CT molecular complexity index is 244. The summed E-state index contributed by atoms with van der Waals surface area (Å²) in [7, 11) is 0. The van der Waals surface area contributed by atoms with Gasteiger partial charge < -0.3 is 5.11 Å². The number of rotatable bonds is 2. The molecule has 1 rings (SSSR count). The van der Waals surface area contributed by atoms with E-state index in [0.29, 0.717) is 10.2 Å². The fourth-order valence-electron chi connectivity index (χ4n) is 0.629. The lowest BCUT2D eigenvalue weighted by Crippen LogP contribution is -1.94. The molecule has 0 aliphatic heterocycles. The van der Waals surface area contributed by atoms with Crippen LogP contribution in [0.3, 0.4) is 0 Å². The number of carboxylic acids is 1. The van der Waals surface area contributed by atoms with Gasteiger partial charge in [0.1, 0.15) is 4.88 Å². The fourth-order valence-corrected chi connectivity index (χ4v) is 2.04. The summed E-state index contributed by atoms with van der Waals surface area (Å²) in [6.07, 6.45) is 0. The van der Waals surface area contributed by atoms with Gasteiger partial charge in [0, 0.05) is 5.33 Å². The maximum atomic E-state index is 10.4. The number of halogens is 1. The van der Waals surface area contributed by atoms with E-state index >= 15 is 0 Å². The van der Waals surface area contributed by atoms with Gasteiger partial charge in [0.05, 0.1) is 0 Å². The summed E-state index contributed by atoms with van der Waals surface area (Å²) in [5, 5.41) is 11.0. The van der Waals surface area contributed by atoms with Crippen LogP contribution >= 0.6 is 27.3 Å². The minimum atomic E-state index is -0.843. The highest BCUT2D eigenvalue weighted by atomic mass is 79.9. The van der Waals surface area contributed by atoms with E-state index in [-0.39, 0.29) is 0 Å². The van der Waals surface area contributed by atoms with Crippen LogP contribution in [0.25, 0.3) is 0 Å². The molecule has 0 unspecified atom stereocenters. The van der Waals surface area contributed by atoms with Crippen LogP contribution in [0.2, 0.25) is 0 Å². The zero-order chi connectivity index (χ0) is 7.56. The fraction of sp³-hybridized carbons (Fsp3) is 0.167. The molecule has 0 saturated heterocycles. The van der Waals surface area contributed by atoms with E-state index in [4.69, 9.17) is 5.11 Å². The highest BCUT2D eigenvalue weighted by molar-refractivity contribution is 9.08. The van der Waals surface area contributed by atoms with Crippen molar-refractivity contribution >= 4 is 33.2 Å². The molecular formula is C6H5BrO2S. The molecular weight excluding hydrogens is 216 g/mol. The highest BCUT2D eigenvalue weighted by Gasteiger charge is 2.09. The first-order valence-electron chi connectivity index (χ1n) is 2.61. The van der Waals surface area contributed by atoms with Crippen LogP contribution in [-0.4, -0.2) is 11.1 Å². The van der Waals surface area contributed by atoms with E-state index in [9.17, 15) is 4.79 Å². The number of hydrogen-bond donors (Lipinski definition) is 1. The minimum absolute atomic E-state index is 0.428. The number of hydrogen-bond acceptors (Lipinski definition) is 2. The van der Waals surface area contributed by atoms with Crippen LogP contribution in [0.1, 0.15) is 15.2 Å². The van der Waals surface area contributed by atoms with Crippen molar-refractivity contribution in [2.45, 2.75) is 5.33 Å². The Labute approximate surface area is 70.6 Å². The first kappa shape index (κ1) is 7.75. The standard InChI is InChI=1S/C6H5BrO2S/c7-3-4-1-2-10-5(4)6(8)9/h1-2H,3H2,(H,8,9). The number of carbonyl (C=O) groups is 1. The first-order valence-corrected chi connectivity index (χ1v) is 4.61. The van der Waals surface area contributed by atoms with Gasteiger partial charge in [-0.3, -0.25) is 0 Å². The van der Waals surface area contributed by atoms with Crippen molar-refractivity contribution in [1.82, 2.24) is 0 Å². The van der Waals surface area contributed by atoms with E-state index in [1.807, 2.05) is 6.07 Å². The zero-order valence-corrected chi connectivity index (χ0v) is 7.41. The van der Waals surface area contributed by atoms with Gasteiger partial charge in [-0.15, -0.1) is 11.3 Å². The predicted molar refractivity (Wildman–Crippen MR) is 43.9 cm³/mol. The Balaban J connectivity index is 3.01. The molecule has 0 bridgehead atoms. The third kappa shape index (κ3) is 1.38. The summed E-state index contributed by atoms with van der Waals surface area (Å²) in [6, 6.07) is 1.81. The van der Waals surface area contributed by atoms with Gasteiger partial charge in [-0.25, -0.2) is 4.79 Å². The van der Waals surface area contributed by atoms with Crippen LogP contribution in [0, 0.1) is 0 Å². The second-order valence-electron chi connectivity index (χ2n) is 1.71. The molecule has 0 saturated carbocycles. The van der Waals surface area contributed by atoms with Gasteiger partial charge in [0.2, 0.25) is 0 Å². The van der Waals surface area contributed by atoms with Crippen molar-refractivity contribution in [3.63, 3.8) is 0 Å². The number of thiophene rings is 1. The second kappa shape index (κ2) is 3.16. The number of aromatic carboxylic acids is 1. The third-order valence-corrected chi connectivity index (χ3v) is 2.63. The van der Waals surface area contributed by atoms with Crippen molar-refractivity contribution < 1.29 is 9.90 Å². The predicted octanol–water partition coefficient (Wildman–Crippen LogP) is 2.34. The molecule has 0 spiro atoms. The number of alkyl halides is 1. The summed E-state index contributed by atoms with van der Waals surface area (Å²) in [6.45, 7) is 0. The van der Waals surface area contributed by atoms with Crippen LogP contribution in [0.5, 0.6) is 0 Å². The van der Waals surface area contributed by atoms with Crippen molar-refractivity contribution in [2.24, 2.45) is 0 Å². The second-order valence-corrected chi connectivity index (χ2v) is 3.19. The summed E-state index contributed by atoms with van der Waals surface area (Å²) in [5.41, 5.74) is 0.845. The molecule has 0 atom stereocenters. The quantitative estimate of drug-likeness (QED) is 0.778. The molecule has 1 heterocycles. The smallest absolute Gasteiger partial charge is 0.346 e. The molecule has 54 valence electrons. The molecule has 4 heteroatoms. The Morgan fingerprint density at radius 1 is 1.80 bits per heavy atom. The molecule has 1 aromatic rings. The molecule has 1 N–H and O–H groups in total. The first-order chi connectivity index (χ1) is 4.75. The molecule has 0 fully saturated rings. The maximum absolute atomic E-state index is 10.4. The number of carboxylic acid groups (broad SMARTS) is 1. The highest BCUT2D eigenvalue weighted by Crippen LogP contribution is 2.18. The van der Waals surface area contributed by atoms with E-state index < -0.39 is 5.97 Å². The Morgan fingerprint density at radius 3 is 2.90 bits per heavy atom. The summed E-state index contributed by atoms with van der Waals surface area (Å²) in [5.74, 6) is -0.843.